The highest BCUT2D eigenvalue weighted by molar-refractivity contribution is 5.69. The van der Waals surface area contributed by atoms with Crippen LogP contribution in [-0.4, -0.2) is 59.3 Å². The van der Waals surface area contributed by atoms with Gasteiger partial charge < -0.3 is 29.9 Å². The zero-order valence-corrected chi connectivity index (χ0v) is 11.0. The number of nitrogens with zero attached hydrogens (tertiary/aromatic N) is 4. The molecule has 21 heavy (non-hydrogen) atoms. The minimum Gasteiger partial charge on any atom is -0.394 e. The zero-order valence-electron chi connectivity index (χ0n) is 11.0. The second kappa shape index (κ2) is 4.53. The third-order valence-electron chi connectivity index (χ3n) is 3.93. The predicted molar refractivity (Wildman–Crippen MR) is 70.1 cm³/mol. The normalized spacial score (nSPS) is 30.8. The number of hydrogen-bond acceptors (Lipinski definition) is 7. The Balaban J connectivity index is 1.73. The van der Waals surface area contributed by atoms with Crippen molar-refractivity contribution in [1.29, 1.82) is 0 Å². The first-order chi connectivity index (χ1) is 10.2. The van der Waals surface area contributed by atoms with Crippen LogP contribution in [0.2, 0.25) is 0 Å². The minimum absolute atomic E-state index is 0.358. The molecule has 0 aromatic carbocycles. The molecular formula is C12H15N5O4. The molecule has 2 aromatic rings. The Morgan fingerprint density at radius 2 is 2.19 bits per heavy atom. The van der Waals surface area contributed by atoms with Crippen LogP contribution in [0.5, 0.6) is 0 Å². The fraction of sp³-hybridized carbons (Fsp3) is 0.500. The average molecular weight is 293 g/mol. The van der Waals surface area contributed by atoms with Crippen molar-refractivity contribution in [1.82, 2.24) is 19.1 Å². The molecule has 4 heterocycles. The summed E-state index contributed by atoms with van der Waals surface area (Å²) in [5.74, 6) is 1.40. The molecule has 0 unspecified atom stereocenters. The Labute approximate surface area is 119 Å². The smallest absolute Gasteiger partial charge is 0.165 e. The number of aliphatic hydroxyl groups is 3. The molecule has 112 valence electrons. The number of imidazole rings is 2. The van der Waals surface area contributed by atoms with Gasteiger partial charge in [0.1, 0.15) is 29.8 Å². The Morgan fingerprint density at radius 1 is 1.33 bits per heavy atom. The first kappa shape index (κ1) is 12.8. The molecule has 9 nitrogen and oxygen atoms in total. The zero-order chi connectivity index (χ0) is 14.6. The van der Waals surface area contributed by atoms with Gasteiger partial charge in [-0.05, 0) is 0 Å². The number of rotatable bonds is 2. The van der Waals surface area contributed by atoms with Crippen molar-refractivity contribution in [2.75, 3.05) is 11.9 Å². The quantitative estimate of drug-likeness (QED) is 0.546. The van der Waals surface area contributed by atoms with Crippen molar-refractivity contribution in [2.45, 2.75) is 31.2 Å². The van der Waals surface area contributed by atoms with E-state index < -0.39 is 24.5 Å². The molecule has 1 fully saturated rings. The molecule has 0 spiro atoms. The van der Waals surface area contributed by atoms with Crippen LogP contribution < -0.4 is 5.32 Å². The highest BCUT2D eigenvalue weighted by Gasteiger charge is 2.44. The maximum Gasteiger partial charge on any atom is 0.165 e. The molecule has 9 heteroatoms. The van der Waals surface area contributed by atoms with Crippen LogP contribution in [0.3, 0.4) is 0 Å². The van der Waals surface area contributed by atoms with E-state index in [1.165, 1.54) is 6.33 Å². The van der Waals surface area contributed by atoms with Gasteiger partial charge in [-0.15, -0.1) is 0 Å². The monoisotopic (exact) mass is 293 g/mol. The predicted octanol–water partition coefficient (Wildman–Crippen LogP) is -1.26. The van der Waals surface area contributed by atoms with Crippen molar-refractivity contribution >= 4 is 5.82 Å². The third kappa shape index (κ3) is 1.72. The number of nitrogens with one attached hydrogen (secondary N) is 1. The summed E-state index contributed by atoms with van der Waals surface area (Å²) >= 11 is 0. The number of aromatic nitrogens is 4. The van der Waals surface area contributed by atoms with Crippen LogP contribution in [0.25, 0.3) is 11.5 Å². The maximum absolute atomic E-state index is 10.1. The standard InChI is InChI=1S/C12H15N5O4/c18-3-6-8(19)9(20)12(21-6)17-5-14-7-10-13-1-2-16(10)4-15-11(7)17/h1-2,5-6,8-9,12,15,18-20H,3-4H2/t6-,8-,9-,12-/m1/s1. The van der Waals surface area contributed by atoms with Crippen LogP contribution >= 0.6 is 0 Å². The van der Waals surface area contributed by atoms with Crippen molar-refractivity contribution in [3.63, 3.8) is 0 Å². The van der Waals surface area contributed by atoms with Gasteiger partial charge in [0, 0.05) is 12.4 Å². The van der Waals surface area contributed by atoms with Crippen molar-refractivity contribution < 1.29 is 20.1 Å². The molecule has 0 bridgehead atoms. The lowest BCUT2D eigenvalue weighted by Gasteiger charge is -2.22. The van der Waals surface area contributed by atoms with Crippen LogP contribution in [0.15, 0.2) is 18.7 Å². The van der Waals surface area contributed by atoms with E-state index in [1.807, 2.05) is 10.8 Å². The number of fused-ring (bicyclic) bond motifs is 3. The lowest BCUT2D eigenvalue weighted by Crippen LogP contribution is -2.33. The number of ether oxygens (including phenoxy) is 1. The van der Waals surface area contributed by atoms with Crippen molar-refractivity contribution in [3.05, 3.63) is 18.7 Å². The fourth-order valence-electron chi connectivity index (χ4n) is 2.82. The van der Waals surface area contributed by atoms with Gasteiger partial charge in [0.05, 0.1) is 19.6 Å². The molecule has 4 atom stereocenters. The van der Waals surface area contributed by atoms with Gasteiger partial charge in [0.25, 0.3) is 0 Å². The average Bonchev–Trinajstić information content (AvgIpc) is 3.17. The van der Waals surface area contributed by atoms with Crippen molar-refractivity contribution in [3.8, 4) is 11.5 Å². The topological polar surface area (TPSA) is 118 Å². The molecule has 0 saturated carbocycles. The van der Waals surface area contributed by atoms with E-state index in [0.717, 1.165) is 5.82 Å². The van der Waals surface area contributed by atoms with Gasteiger partial charge in [0.15, 0.2) is 12.1 Å². The third-order valence-corrected chi connectivity index (χ3v) is 3.93. The molecule has 4 N–H and O–H groups in total. The summed E-state index contributed by atoms with van der Waals surface area (Å²) in [4.78, 5) is 8.56. The van der Waals surface area contributed by atoms with Crippen LogP contribution in [0.4, 0.5) is 5.82 Å². The number of anilines is 1. The second-order valence-corrected chi connectivity index (χ2v) is 5.13. The summed E-state index contributed by atoms with van der Waals surface area (Å²) in [6.45, 7) is 0.173. The molecule has 0 aliphatic carbocycles. The van der Waals surface area contributed by atoms with Gasteiger partial charge in [-0.2, -0.15) is 0 Å². The van der Waals surface area contributed by atoms with E-state index in [9.17, 15) is 10.2 Å². The Hall–Kier alpha value is -1.94. The van der Waals surface area contributed by atoms with E-state index in [0.29, 0.717) is 18.2 Å². The number of aliphatic hydroxyl groups excluding tert-OH is 3. The number of hydrogen-bond donors (Lipinski definition) is 4. The summed E-state index contributed by atoms with van der Waals surface area (Å²) < 4.78 is 9.06. The summed E-state index contributed by atoms with van der Waals surface area (Å²) in [5, 5.41) is 32.3. The highest BCUT2D eigenvalue weighted by Crippen LogP contribution is 2.36. The molecule has 2 aliphatic heterocycles. The first-order valence-electron chi connectivity index (χ1n) is 6.65. The lowest BCUT2D eigenvalue weighted by molar-refractivity contribution is -0.0519. The summed E-state index contributed by atoms with van der Waals surface area (Å²) in [6, 6.07) is 0. The molecule has 0 radical (unpaired) electrons. The van der Waals surface area contributed by atoms with Crippen LogP contribution in [0, 0.1) is 0 Å². The Morgan fingerprint density at radius 3 is 2.95 bits per heavy atom. The fourth-order valence-corrected chi connectivity index (χ4v) is 2.82. The van der Waals surface area contributed by atoms with E-state index >= 15 is 0 Å². The summed E-state index contributed by atoms with van der Waals surface area (Å²) in [5.41, 5.74) is 0.656. The van der Waals surface area contributed by atoms with Crippen LogP contribution in [-0.2, 0) is 11.4 Å². The molecule has 1 saturated heterocycles. The molecule has 2 aliphatic rings. The summed E-state index contributed by atoms with van der Waals surface area (Å²) in [7, 11) is 0. The van der Waals surface area contributed by atoms with Crippen LogP contribution in [0.1, 0.15) is 6.23 Å². The van der Waals surface area contributed by atoms with Gasteiger partial charge in [-0.25, -0.2) is 9.97 Å². The first-order valence-corrected chi connectivity index (χ1v) is 6.65. The van der Waals surface area contributed by atoms with Gasteiger partial charge in [0.2, 0.25) is 0 Å². The Bertz CT molecular complexity index is 668. The highest BCUT2D eigenvalue weighted by atomic mass is 16.6. The summed E-state index contributed by atoms with van der Waals surface area (Å²) in [6.07, 6.45) is 1.18. The van der Waals surface area contributed by atoms with Gasteiger partial charge >= 0.3 is 0 Å². The Kier molecular flexibility index (Phi) is 2.76. The van der Waals surface area contributed by atoms with E-state index in [4.69, 9.17) is 9.84 Å². The maximum atomic E-state index is 10.1. The molecule has 2 aromatic heterocycles. The SMILES string of the molecule is OC[C@H]1O[C@@H](n2cnc3c2NCn2ccnc2-3)[C@H](O)[C@@H]1O. The van der Waals surface area contributed by atoms with Gasteiger partial charge in [-0.1, -0.05) is 0 Å². The van der Waals surface area contributed by atoms with E-state index in [2.05, 4.69) is 15.3 Å². The van der Waals surface area contributed by atoms with Gasteiger partial charge in [-0.3, -0.25) is 4.57 Å². The molecule has 0 amide bonds. The molecule has 4 rings (SSSR count). The van der Waals surface area contributed by atoms with E-state index in [1.54, 1.807) is 10.8 Å². The minimum atomic E-state index is -1.14. The second-order valence-electron chi connectivity index (χ2n) is 5.13. The largest absolute Gasteiger partial charge is 0.394 e. The molecular weight excluding hydrogens is 278 g/mol. The van der Waals surface area contributed by atoms with Crippen molar-refractivity contribution in [2.24, 2.45) is 0 Å². The van der Waals surface area contributed by atoms with E-state index in [-0.39, 0.29) is 6.61 Å². The lowest BCUT2D eigenvalue weighted by atomic mass is 10.1.